The van der Waals surface area contributed by atoms with Crippen LogP contribution in [0.4, 0.5) is 5.69 Å². The number of benzene rings is 1. The predicted octanol–water partition coefficient (Wildman–Crippen LogP) is 2.17. The minimum atomic E-state index is 0.00581. The van der Waals surface area contributed by atoms with Gasteiger partial charge in [0, 0.05) is 40.4 Å². The molecule has 2 N–H and O–H groups in total. The van der Waals surface area contributed by atoms with Crippen LogP contribution in [0.5, 0.6) is 5.75 Å². The second kappa shape index (κ2) is 9.78. The molecule has 1 aromatic rings. The average Bonchev–Trinajstić information content (AvgIpc) is 2.69. The van der Waals surface area contributed by atoms with Gasteiger partial charge in [0.05, 0.1) is 5.69 Å². The highest BCUT2D eigenvalue weighted by atomic mass is 16.5. The molecule has 154 valence electrons. The smallest absolute Gasteiger partial charge is 0.265 e. The van der Waals surface area contributed by atoms with Crippen LogP contribution in [-0.2, 0) is 9.53 Å². The van der Waals surface area contributed by atoms with Gasteiger partial charge < -0.3 is 25.0 Å². The molecule has 1 aliphatic heterocycles. The zero-order valence-corrected chi connectivity index (χ0v) is 17.0. The van der Waals surface area contributed by atoms with Gasteiger partial charge >= 0.3 is 0 Å². The summed E-state index contributed by atoms with van der Waals surface area (Å²) in [4.78, 5) is 18.4. The number of hydrogen-bond donors (Lipinski definition) is 2. The maximum atomic E-state index is 12.2. The third kappa shape index (κ3) is 4.95. The van der Waals surface area contributed by atoms with Crippen LogP contribution in [-0.4, -0.2) is 58.9 Å². The Balaban J connectivity index is 1.42. The second-order valence-corrected chi connectivity index (χ2v) is 7.60. The van der Waals surface area contributed by atoms with Crippen molar-refractivity contribution in [2.45, 2.75) is 32.1 Å². The molecule has 1 fully saturated rings. The van der Waals surface area contributed by atoms with E-state index in [1.807, 2.05) is 29.2 Å². The maximum absolute atomic E-state index is 12.2. The fraction of sp³-hybridized carbons (Fsp3) is 0.619. The lowest BCUT2D eigenvalue weighted by atomic mass is 9.67. The van der Waals surface area contributed by atoms with E-state index in [0.29, 0.717) is 12.0 Å². The number of nitrogens with one attached hydrogen (secondary N) is 2. The molecule has 1 amide bonds. The van der Waals surface area contributed by atoms with Crippen LogP contribution < -0.4 is 20.3 Å². The van der Waals surface area contributed by atoms with Gasteiger partial charge in [-0.25, -0.2) is 0 Å². The lowest BCUT2D eigenvalue weighted by Gasteiger charge is -2.42. The number of rotatable bonds is 9. The fourth-order valence-corrected chi connectivity index (χ4v) is 3.85. The Morgan fingerprint density at radius 1 is 1.32 bits per heavy atom. The zero-order valence-electron chi connectivity index (χ0n) is 17.0. The number of anilines is 1. The molecule has 0 spiro atoms. The summed E-state index contributed by atoms with van der Waals surface area (Å²) in [5.74, 6) is 1.60. The molecule has 0 atom stereocenters. The van der Waals surface area contributed by atoms with Gasteiger partial charge in [-0.3, -0.25) is 9.79 Å². The maximum Gasteiger partial charge on any atom is 0.265 e. The normalized spacial score (nSPS) is 18.1. The van der Waals surface area contributed by atoms with Gasteiger partial charge in [-0.05, 0) is 43.2 Å². The third-order valence-electron chi connectivity index (χ3n) is 5.76. The van der Waals surface area contributed by atoms with Crippen molar-refractivity contribution >= 4 is 17.6 Å². The number of ether oxygens (including phenoxy) is 2. The van der Waals surface area contributed by atoms with E-state index < -0.39 is 0 Å². The molecule has 0 unspecified atom stereocenters. The van der Waals surface area contributed by atoms with Gasteiger partial charge in [-0.1, -0.05) is 18.6 Å². The van der Waals surface area contributed by atoms with Crippen molar-refractivity contribution in [2.24, 2.45) is 10.4 Å². The van der Waals surface area contributed by atoms with Crippen molar-refractivity contribution in [3.63, 3.8) is 0 Å². The third-order valence-corrected chi connectivity index (χ3v) is 5.76. The molecule has 0 saturated heterocycles. The molecule has 0 aromatic heterocycles. The number of nitrogens with zero attached hydrogens (tertiary/aromatic N) is 2. The van der Waals surface area contributed by atoms with E-state index in [1.54, 1.807) is 14.2 Å². The van der Waals surface area contributed by atoms with Gasteiger partial charge in [0.2, 0.25) is 0 Å². The number of fused-ring (bicyclic) bond motifs is 1. The molecular formula is C21H32N4O3. The van der Waals surface area contributed by atoms with E-state index in [9.17, 15) is 4.79 Å². The summed E-state index contributed by atoms with van der Waals surface area (Å²) < 4.78 is 10.8. The van der Waals surface area contributed by atoms with Crippen molar-refractivity contribution in [2.75, 3.05) is 51.9 Å². The number of aliphatic imine (C=N–C) groups is 1. The van der Waals surface area contributed by atoms with Crippen LogP contribution in [0.15, 0.2) is 29.3 Å². The number of carbonyl (C=O) groups excluding carboxylic acids is 1. The Hall–Kier alpha value is -2.28. The first-order valence-electron chi connectivity index (χ1n) is 10.1. The van der Waals surface area contributed by atoms with Crippen LogP contribution in [0.25, 0.3) is 0 Å². The number of guanidine groups is 1. The Morgan fingerprint density at radius 3 is 2.86 bits per heavy atom. The first-order valence-corrected chi connectivity index (χ1v) is 10.1. The lowest BCUT2D eigenvalue weighted by molar-refractivity contribution is -0.121. The minimum absolute atomic E-state index is 0.00581. The average molecular weight is 389 g/mol. The summed E-state index contributed by atoms with van der Waals surface area (Å²) >= 11 is 0. The number of para-hydroxylation sites is 2. The molecule has 1 heterocycles. The van der Waals surface area contributed by atoms with Crippen LogP contribution in [0, 0.1) is 5.41 Å². The molecule has 7 heteroatoms. The predicted molar refractivity (Wildman–Crippen MR) is 111 cm³/mol. The summed E-state index contributed by atoms with van der Waals surface area (Å²) in [6, 6.07) is 7.68. The number of amides is 1. The Morgan fingerprint density at radius 2 is 2.14 bits per heavy atom. The summed E-state index contributed by atoms with van der Waals surface area (Å²) in [7, 11) is 3.55. The second-order valence-electron chi connectivity index (χ2n) is 7.60. The van der Waals surface area contributed by atoms with E-state index in [0.717, 1.165) is 49.9 Å². The summed E-state index contributed by atoms with van der Waals surface area (Å²) in [5, 5.41) is 6.83. The summed E-state index contributed by atoms with van der Waals surface area (Å²) in [6.07, 6.45) is 5.71. The molecule has 28 heavy (non-hydrogen) atoms. The molecule has 1 saturated carbocycles. The van der Waals surface area contributed by atoms with E-state index >= 15 is 0 Å². The standard InChI is InChI=1S/C21H32N4O3/c1-22-20(24-16-21(9-5-10-21)11-14-27-2)23-12-6-13-25-17-7-3-4-8-18(17)28-15-19(25)26/h3-4,7-8H,5-6,9-16H2,1-2H3,(H2,22,23,24). The first kappa shape index (κ1) is 20.5. The number of carbonyl (C=O) groups is 1. The van der Waals surface area contributed by atoms with Crippen molar-refractivity contribution in [1.82, 2.24) is 10.6 Å². The Kier molecular flexibility index (Phi) is 7.14. The van der Waals surface area contributed by atoms with E-state index in [1.165, 1.54) is 19.3 Å². The van der Waals surface area contributed by atoms with Gasteiger partial charge in [-0.2, -0.15) is 0 Å². The van der Waals surface area contributed by atoms with Crippen molar-refractivity contribution in [3.05, 3.63) is 24.3 Å². The SMILES string of the molecule is CN=C(NCCCN1C(=O)COc2ccccc21)NCC1(CCOC)CCC1. The highest BCUT2D eigenvalue weighted by Gasteiger charge is 2.36. The van der Waals surface area contributed by atoms with Crippen molar-refractivity contribution in [1.29, 1.82) is 0 Å². The highest BCUT2D eigenvalue weighted by molar-refractivity contribution is 5.97. The monoisotopic (exact) mass is 388 g/mol. The van der Waals surface area contributed by atoms with Gasteiger partial charge in [0.15, 0.2) is 12.6 Å². The molecule has 3 rings (SSSR count). The minimum Gasteiger partial charge on any atom is -0.482 e. The van der Waals surface area contributed by atoms with Crippen LogP contribution in [0.3, 0.4) is 0 Å². The van der Waals surface area contributed by atoms with Gasteiger partial charge in [0.1, 0.15) is 5.75 Å². The summed E-state index contributed by atoms with van der Waals surface area (Å²) in [6.45, 7) is 3.24. The largest absolute Gasteiger partial charge is 0.482 e. The van der Waals surface area contributed by atoms with E-state index in [-0.39, 0.29) is 12.5 Å². The van der Waals surface area contributed by atoms with Crippen molar-refractivity contribution < 1.29 is 14.3 Å². The topological polar surface area (TPSA) is 75.2 Å². The van der Waals surface area contributed by atoms with Crippen LogP contribution in [0.1, 0.15) is 32.1 Å². The number of hydrogen-bond acceptors (Lipinski definition) is 4. The summed E-state index contributed by atoms with van der Waals surface area (Å²) in [5.41, 5.74) is 1.20. The Bertz CT molecular complexity index is 688. The number of methoxy groups -OCH3 is 1. The quantitative estimate of drug-likeness (QED) is 0.385. The zero-order chi connectivity index (χ0) is 19.8. The molecule has 7 nitrogen and oxygen atoms in total. The molecule has 2 aliphatic rings. The molecule has 1 aliphatic carbocycles. The molecule has 0 bridgehead atoms. The molecular weight excluding hydrogens is 356 g/mol. The lowest BCUT2D eigenvalue weighted by Crippen LogP contribution is -2.47. The van der Waals surface area contributed by atoms with Gasteiger partial charge in [0.25, 0.3) is 5.91 Å². The van der Waals surface area contributed by atoms with Crippen molar-refractivity contribution in [3.8, 4) is 5.75 Å². The van der Waals surface area contributed by atoms with Crippen LogP contribution >= 0.6 is 0 Å². The Labute approximate surface area is 167 Å². The van der Waals surface area contributed by atoms with E-state index in [4.69, 9.17) is 9.47 Å². The van der Waals surface area contributed by atoms with Gasteiger partial charge in [-0.15, -0.1) is 0 Å². The molecule has 1 aromatic carbocycles. The fourth-order valence-electron chi connectivity index (χ4n) is 3.85. The van der Waals surface area contributed by atoms with Crippen LogP contribution in [0.2, 0.25) is 0 Å². The first-order chi connectivity index (χ1) is 13.7. The molecule has 0 radical (unpaired) electrons. The highest BCUT2D eigenvalue weighted by Crippen LogP contribution is 2.43. The van der Waals surface area contributed by atoms with E-state index in [2.05, 4.69) is 15.6 Å².